The zero-order valence-electron chi connectivity index (χ0n) is 8.45. The summed E-state index contributed by atoms with van der Waals surface area (Å²) in [5.41, 5.74) is 6.59. The van der Waals surface area contributed by atoms with E-state index < -0.39 is 0 Å². The molecule has 3 heteroatoms. The monoisotopic (exact) mass is 191 g/mol. The van der Waals surface area contributed by atoms with E-state index >= 15 is 0 Å². The molecule has 0 spiro atoms. The van der Waals surface area contributed by atoms with Gasteiger partial charge in [0.1, 0.15) is 5.82 Å². The zero-order valence-corrected chi connectivity index (χ0v) is 8.45. The first-order valence-corrected chi connectivity index (χ1v) is 5.42. The van der Waals surface area contributed by atoms with E-state index in [2.05, 4.69) is 9.97 Å². The third-order valence-electron chi connectivity index (χ3n) is 2.85. The van der Waals surface area contributed by atoms with Crippen LogP contribution in [0.2, 0.25) is 0 Å². The maximum atomic E-state index is 5.50. The Kier molecular flexibility index (Phi) is 3.09. The lowest BCUT2D eigenvalue weighted by Gasteiger charge is -2.08. The van der Waals surface area contributed by atoms with Crippen LogP contribution in [0, 0.1) is 0 Å². The van der Waals surface area contributed by atoms with E-state index in [1.807, 2.05) is 12.3 Å². The molecule has 76 valence electrons. The van der Waals surface area contributed by atoms with E-state index in [0.29, 0.717) is 12.5 Å². The number of hydrogen-bond acceptors (Lipinski definition) is 3. The summed E-state index contributed by atoms with van der Waals surface area (Å²) in [5, 5.41) is 0. The molecule has 1 aromatic heterocycles. The van der Waals surface area contributed by atoms with Crippen molar-refractivity contribution in [1.82, 2.24) is 9.97 Å². The van der Waals surface area contributed by atoms with Gasteiger partial charge in [-0.2, -0.15) is 0 Å². The molecule has 1 aliphatic carbocycles. The first-order valence-electron chi connectivity index (χ1n) is 5.42. The molecule has 14 heavy (non-hydrogen) atoms. The Labute approximate surface area is 84.8 Å². The van der Waals surface area contributed by atoms with E-state index in [0.717, 1.165) is 17.9 Å². The van der Waals surface area contributed by atoms with Crippen molar-refractivity contribution in [2.75, 3.05) is 6.54 Å². The van der Waals surface area contributed by atoms with Crippen molar-refractivity contribution in [3.05, 3.63) is 23.8 Å². The second-order valence-electron chi connectivity index (χ2n) is 3.93. The lowest BCUT2D eigenvalue weighted by Crippen LogP contribution is -2.08. The molecule has 0 atom stereocenters. The molecule has 1 fully saturated rings. The zero-order chi connectivity index (χ0) is 9.80. The van der Waals surface area contributed by atoms with Gasteiger partial charge in [-0.1, -0.05) is 12.8 Å². The molecule has 0 radical (unpaired) electrons. The van der Waals surface area contributed by atoms with Crippen LogP contribution in [0.15, 0.2) is 12.3 Å². The van der Waals surface area contributed by atoms with Gasteiger partial charge in [0.25, 0.3) is 0 Å². The molecular weight excluding hydrogens is 174 g/mol. The highest BCUT2D eigenvalue weighted by molar-refractivity contribution is 5.07. The van der Waals surface area contributed by atoms with Crippen molar-refractivity contribution in [2.24, 2.45) is 5.73 Å². The van der Waals surface area contributed by atoms with Gasteiger partial charge in [-0.05, 0) is 25.5 Å². The molecule has 0 bridgehead atoms. The Hall–Kier alpha value is -0.960. The molecule has 0 aromatic carbocycles. The maximum absolute atomic E-state index is 5.50. The largest absolute Gasteiger partial charge is 0.330 e. The summed E-state index contributed by atoms with van der Waals surface area (Å²) >= 11 is 0. The van der Waals surface area contributed by atoms with Gasteiger partial charge in [0.15, 0.2) is 0 Å². The van der Waals surface area contributed by atoms with Crippen molar-refractivity contribution in [3.63, 3.8) is 0 Å². The third-order valence-corrected chi connectivity index (χ3v) is 2.85. The summed E-state index contributed by atoms with van der Waals surface area (Å²) < 4.78 is 0. The normalized spacial score (nSPS) is 17.5. The highest BCUT2D eigenvalue weighted by Gasteiger charge is 2.19. The summed E-state index contributed by atoms with van der Waals surface area (Å²) in [6, 6.07) is 1.96. The molecule has 0 amide bonds. The minimum atomic E-state index is 0.604. The fraction of sp³-hybridized carbons (Fsp3) is 0.636. The van der Waals surface area contributed by atoms with Crippen LogP contribution < -0.4 is 5.73 Å². The molecule has 0 aliphatic heterocycles. The molecule has 2 N–H and O–H groups in total. The minimum absolute atomic E-state index is 0.604. The van der Waals surface area contributed by atoms with Crippen LogP contribution in [0.5, 0.6) is 0 Å². The number of nitrogens with zero attached hydrogens (tertiary/aromatic N) is 2. The van der Waals surface area contributed by atoms with Gasteiger partial charge in [0.05, 0.1) is 0 Å². The van der Waals surface area contributed by atoms with E-state index in [4.69, 9.17) is 5.73 Å². The summed E-state index contributed by atoms with van der Waals surface area (Å²) in [5.74, 6) is 1.64. The molecule has 1 aromatic rings. The van der Waals surface area contributed by atoms with E-state index in [9.17, 15) is 0 Å². The standard InChI is InChI=1S/C11H17N3/c12-7-5-10-6-8-13-11(14-10)9-3-1-2-4-9/h6,8-9H,1-5,7,12H2. The Morgan fingerprint density at radius 1 is 1.36 bits per heavy atom. The van der Waals surface area contributed by atoms with Crippen molar-refractivity contribution in [1.29, 1.82) is 0 Å². The van der Waals surface area contributed by atoms with Crippen LogP contribution in [0.4, 0.5) is 0 Å². The minimum Gasteiger partial charge on any atom is -0.330 e. The second kappa shape index (κ2) is 4.51. The average molecular weight is 191 g/mol. The fourth-order valence-corrected chi connectivity index (χ4v) is 2.08. The van der Waals surface area contributed by atoms with Gasteiger partial charge in [-0.15, -0.1) is 0 Å². The van der Waals surface area contributed by atoms with Crippen LogP contribution in [0.25, 0.3) is 0 Å². The quantitative estimate of drug-likeness (QED) is 0.790. The first kappa shape index (κ1) is 9.59. The Balaban J connectivity index is 2.12. The Bertz CT molecular complexity index is 292. The van der Waals surface area contributed by atoms with Crippen LogP contribution in [-0.4, -0.2) is 16.5 Å². The lowest BCUT2D eigenvalue weighted by atomic mass is 10.1. The van der Waals surface area contributed by atoms with Crippen LogP contribution in [0.3, 0.4) is 0 Å². The van der Waals surface area contributed by atoms with Gasteiger partial charge in [-0.3, -0.25) is 0 Å². The van der Waals surface area contributed by atoms with Crippen molar-refractivity contribution < 1.29 is 0 Å². The van der Waals surface area contributed by atoms with Crippen molar-refractivity contribution in [2.45, 2.75) is 38.0 Å². The van der Waals surface area contributed by atoms with Crippen molar-refractivity contribution >= 4 is 0 Å². The van der Waals surface area contributed by atoms with E-state index in [1.54, 1.807) is 0 Å². The summed E-state index contributed by atoms with van der Waals surface area (Å²) in [7, 11) is 0. The molecule has 1 saturated carbocycles. The molecule has 0 saturated heterocycles. The van der Waals surface area contributed by atoms with E-state index in [1.165, 1.54) is 25.7 Å². The number of rotatable bonds is 3. The summed E-state index contributed by atoms with van der Waals surface area (Å²) in [6.45, 7) is 0.668. The van der Waals surface area contributed by atoms with Gasteiger partial charge < -0.3 is 5.73 Å². The third kappa shape index (κ3) is 2.10. The number of hydrogen-bond donors (Lipinski definition) is 1. The maximum Gasteiger partial charge on any atom is 0.131 e. The first-order chi connectivity index (χ1) is 6.90. The molecule has 1 heterocycles. The van der Waals surface area contributed by atoms with Gasteiger partial charge in [-0.25, -0.2) is 9.97 Å². The SMILES string of the molecule is NCCc1ccnc(C2CCCC2)n1. The average Bonchev–Trinajstić information content (AvgIpc) is 2.71. The Morgan fingerprint density at radius 3 is 2.86 bits per heavy atom. The topological polar surface area (TPSA) is 51.8 Å². The van der Waals surface area contributed by atoms with Gasteiger partial charge >= 0.3 is 0 Å². The van der Waals surface area contributed by atoms with Crippen LogP contribution in [-0.2, 0) is 6.42 Å². The molecule has 3 nitrogen and oxygen atoms in total. The van der Waals surface area contributed by atoms with Crippen LogP contribution >= 0.6 is 0 Å². The number of nitrogens with two attached hydrogens (primary N) is 1. The molecule has 0 unspecified atom stereocenters. The Morgan fingerprint density at radius 2 is 2.14 bits per heavy atom. The summed E-state index contributed by atoms with van der Waals surface area (Å²) in [6.07, 6.45) is 7.90. The fourth-order valence-electron chi connectivity index (χ4n) is 2.08. The lowest BCUT2D eigenvalue weighted by molar-refractivity contribution is 0.659. The molecule has 2 rings (SSSR count). The molecular formula is C11H17N3. The van der Waals surface area contributed by atoms with Gasteiger partial charge in [0, 0.05) is 24.2 Å². The predicted octanol–water partition coefficient (Wildman–Crippen LogP) is 1.64. The van der Waals surface area contributed by atoms with Gasteiger partial charge in [0.2, 0.25) is 0 Å². The number of aromatic nitrogens is 2. The van der Waals surface area contributed by atoms with E-state index in [-0.39, 0.29) is 0 Å². The van der Waals surface area contributed by atoms with Crippen molar-refractivity contribution in [3.8, 4) is 0 Å². The molecule has 1 aliphatic rings. The summed E-state index contributed by atoms with van der Waals surface area (Å²) in [4.78, 5) is 8.91. The second-order valence-corrected chi connectivity index (χ2v) is 3.93. The highest BCUT2D eigenvalue weighted by Crippen LogP contribution is 2.31. The highest BCUT2D eigenvalue weighted by atomic mass is 14.9. The predicted molar refractivity (Wildman–Crippen MR) is 56.0 cm³/mol. The smallest absolute Gasteiger partial charge is 0.131 e. The van der Waals surface area contributed by atoms with Crippen LogP contribution in [0.1, 0.15) is 43.1 Å².